The van der Waals surface area contributed by atoms with Crippen LogP contribution >= 0.6 is 34.8 Å². The highest BCUT2D eigenvalue weighted by Gasteiger charge is 2.17. The van der Waals surface area contributed by atoms with Crippen LogP contribution in [-0.2, 0) is 6.42 Å². The Kier molecular flexibility index (Phi) is 4.57. The molecule has 0 saturated carbocycles. The Morgan fingerprint density at radius 3 is 2.61 bits per heavy atom. The van der Waals surface area contributed by atoms with Gasteiger partial charge in [-0.3, -0.25) is 0 Å². The topological polar surface area (TPSA) is 25.2 Å². The first-order valence-electron chi connectivity index (χ1n) is 5.46. The van der Waals surface area contributed by atoms with Gasteiger partial charge in [0.1, 0.15) is 0 Å². The highest BCUT2D eigenvalue weighted by molar-refractivity contribution is 6.33. The van der Waals surface area contributed by atoms with Gasteiger partial charge >= 0.3 is 0 Å². The Hall–Kier alpha value is -0.670. The zero-order valence-corrected chi connectivity index (χ0v) is 12.0. The molecule has 0 fully saturated rings. The molecule has 0 radical (unpaired) electrons. The number of rotatable bonds is 4. The van der Waals surface area contributed by atoms with Gasteiger partial charge in [-0.25, -0.2) is 0 Å². The summed E-state index contributed by atoms with van der Waals surface area (Å²) in [6.45, 7) is 0. The lowest BCUT2D eigenvalue weighted by molar-refractivity contribution is 0.544. The third-order valence-electron chi connectivity index (χ3n) is 2.80. The van der Waals surface area contributed by atoms with Crippen LogP contribution in [0.2, 0.25) is 15.3 Å². The first-order chi connectivity index (χ1) is 8.61. The highest BCUT2D eigenvalue weighted by atomic mass is 35.5. The van der Waals surface area contributed by atoms with E-state index >= 15 is 0 Å². The average molecular weight is 305 g/mol. The summed E-state index contributed by atoms with van der Waals surface area (Å²) in [6.07, 6.45) is 2.26. The SMILES string of the molecule is CNC(Cc1cc(Cl)ccc1Cl)c1ccoc1Cl. The molecule has 0 bridgehead atoms. The van der Waals surface area contributed by atoms with Crippen LogP contribution in [0, 0.1) is 0 Å². The lowest BCUT2D eigenvalue weighted by Gasteiger charge is -2.16. The first-order valence-corrected chi connectivity index (χ1v) is 6.59. The van der Waals surface area contributed by atoms with Gasteiger partial charge in [-0.05, 0) is 54.9 Å². The molecule has 1 heterocycles. The van der Waals surface area contributed by atoms with Gasteiger partial charge in [0.25, 0.3) is 0 Å². The molecule has 96 valence electrons. The van der Waals surface area contributed by atoms with E-state index < -0.39 is 0 Å². The molecule has 0 aliphatic rings. The van der Waals surface area contributed by atoms with Crippen molar-refractivity contribution in [3.05, 3.63) is 56.9 Å². The maximum absolute atomic E-state index is 6.16. The van der Waals surface area contributed by atoms with E-state index in [0.29, 0.717) is 21.7 Å². The Labute approximate surface area is 121 Å². The van der Waals surface area contributed by atoms with Crippen LogP contribution in [0.25, 0.3) is 0 Å². The van der Waals surface area contributed by atoms with E-state index in [-0.39, 0.29) is 6.04 Å². The Bertz CT molecular complexity index is 539. The number of hydrogen-bond acceptors (Lipinski definition) is 2. The number of likely N-dealkylation sites (N-methyl/N-ethyl adjacent to an activating group) is 1. The molecule has 5 heteroatoms. The summed E-state index contributed by atoms with van der Waals surface area (Å²) >= 11 is 18.1. The van der Waals surface area contributed by atoms with Crippen LogP contribution in [0.3, 0.4) is 0 Å². The minimum absolute atomic E-state index is 0.0345. The monoisotopic (exact) mass is 303 g/mol. The van der Waals surface area contributed by atoms with Gasteiger partial charge in [0, 0.05) is 21.7 Å². The molecule has 1 N–H and O–H groups in total. The zero-order chi connectivity index (χ0) is 13.1. The van der Waals surface area contributed by atoms with Crippen molar-refractivity contribution < 1.29 is 4.42 Å². The molecule has 1 aromatic heterocycles. The second-order valence-corrected chi connectivity index (χ2v) is 5.12. The number of furan rings is 1. The van der Waals surface area contributed by atoms with E-state index in [0.717, 1.165) is 11.1 Å². The molecule has 1 unspecified atom stereocenters. The van der Waals surface area contributed by atoms with Crippen LogP contribution in [0.1, 0.15) is 17.2 Å². The zero-order valence-electron chi connectivity index (χ0n) is 9.71. The molecule has 0 amide bonds. The molecule has 2 nitrogen and oxygen atoms in total. The van der Waals surface area contributed by atoms with Crippen LogP contribution in [0.5, 0.6) is 0 Å². The number of benzene rings is 1. The minimum Gasteiger partial charge on any atom is -0.453 e. The molecule has 0 aliphatic carbocycles. The van der Waals surface area contributed by atoms with Crippen molar-refractivity contribution in [3.8, 4) is 0 Å². The molecular weight excluding hydrogens is 293 g/mol. The van der Waals surface area contributed by atoms with Crippen molar-refractivity contribution in [1.82, 2.24) is 5.32 Å². The number of nitrogens with one attached hydrogen (secondary N) is 1. The summed E-state index contributed by atoms with van der Waals surface area (Å²) in [5.74, 6) is 0. The van der Waals surface area contributed by atoms with Crippen LogP contribution in [-0.4, -0.2) is 7.05 Å². The van der Waals surface area contributed by atoms with Crippen LogP contribution in [0.4, 0.5) is 0 Å². The van der Waals surface area contributed by atoms with Gasteiger partial charge < -0.3 is 9.73 Å². The molecule has 1 aromatic carbocycles. The summed E-state index contributed by atoms with van der Waals surface area (Å²) in [6, 6.07) is 7.31. The Morgan fingerprint density at radius 1 is 1.22 bits per heavy atom. The van der Waals surface area contributed by atoms with E-state index in [2.05, 4.69) is 5.32 Å². The summed E-state index contributed by atoms with van der Waals surface area (Å²) in [7, 11) is 1.87. The first kappa shape index (κ1) is 13.8. The second kappa shape index (κ2) is 5.98. The summed E-state index contributed by atoms with van der Waals surface area (Å²) in [4.78, 5) is 0. The van der Waals surface area contributed by atoms with Crippen molar-refractivity contribution >= 4 is 34.8 Å². The normalized spacial score (nSPS) is 12.7. The molecule has 0 spiro atoms. The van der Waals surface area contributed by atoms with Gasteiger partial charge in [0.05, 0.1) is 6.26 Å². The molecule has 2 rings (SSSR count). The average Bonchev–Trinajstić information content (AvgIpc) is 2.77. The van der Waals surface area contributed by atoms with Crippen molar-refractivity contribution in [2.24, 2.45) is 0 Å². The fraction of sp³-hybridized carbons (Fsp3) is 0.231. The standard InChI is InChI=1S/C13H12Cl3NO/c1-17-12(10-4-5-18-13(10)16)7-8-6-9(14)2-3-11(8)15/h2-6,12,17H,7H2,1H3. The maximum Gasteiger partial charge on any atom is 0.197 e. The lowest BCUT2D eigenvalue weighted by Crippen LogP contribution is -2.18. The molecule has 18 heavy (non-hydrogen) atoms. The summed E-state index contributed by atoms with van der Waals surface area (Å²) in [5, 5.41) is 4.95. The fourth-order valence-electron chi connectivity index (χ4n) is 1.84. The summed E-state index contributed by atoms with van der Waals surface area (Å²) < 4.78 is 5.11. The van der Waals surface area contributed by atoms with E-state index in [1.54, 1.807) is 18.4 Å². The second-order valence-electron chi connectivity index (χ2n) is 3.93. The predicted octanol–water partition coefficient (Wildman–Crippen LogP) is 4.74. The Balaban J connectivity index is 2.26. The minimum atomic E-state index is 0.0345. The number of hydrogen-bond donors (Lipinski definition) is 1. The molecule has 1 atom stereocenters. The highest BCUT2D eigenvalue weighted by Crippen LogP contribution is 2.29. The van der Waals surface area contributed by atoms with Crippen molar-refractivity contribution in [2.75, 3.05) is 7.05 Å². The fourth-order valence-corrected chi connectivity index (χ4v) is 2.48. The maximum atomic E-state index is 6.16. The van der Waals surface area contributed by atoms with Crippen LogP contribution < -0.4 is 5.32 Å². The van der Waals surface area contributed by atoms with E-state index in [1.807, 2.05) is 19.2 Å². The smallest absolute Gasteiger partial charge is 0.197 e. The van der Waals surface area contributed by atoms with Crippen molar-refractivity contribution in [1.29, 1.82) is 0 Å². The lowest BCUT2D eigenvalue weighted by atomic mass is 10.0. The van der Waals surface area contributed by atoms with E-state index in [9.17, 15) is 0 Å². The number of halogens is 3. The molecular formula is C13H12Cl3NO. The molecule has 0 saturated heterocycles. The van der Waals surface area contributed by atoms with Crippen molar-refractivity contribution in [3.63, 3.8) is 0 Å². The van der Waals surface area contributed by atoms with Gasteiger partial charge in [-0.15, -0.1) is 0 Å². The van der Waals surface area contributed by atoms with Gasteiger partial charge in [0.15, 0.2) is 5.22 Å². The Morgan fingerprint density at radius 2 is 2.00 bits per heavy atom. The van der Waals surface area contributed by atoms with Crippen molar-refractivity contribution in [2.45, 2.75) is 12.5 Å². The quantitative estimate of drug-likeness (QED) is 0.882. The third-order valence-corrected chi connectivity index (χ3v) is 3.71. The van der Waals surface area contributed by atoms with Gasteiger partial charge in [-0.1, -0.05) is 23.2 Å². The predicted molar refractivity (Wildman–Crippen MR) is 75.7 cm³/mol. The molecule has 2 aromatic rings. The van der Waals surface area contributed by atoms with Gasteiger partial charge in [-0.2, -0.15) is 0 Å². The van der Waals surface area contributed by atoms with E-state index in [1.165, 1.54) is 0 Å². The van der Waals surface area contributed by atoms with Gasteiger partial charge in [0.2, 0.25) is 0 Å². The summed E-state index contributed by atoms with van der Waals surface area (Å²) in [5.41, 5.74) is 1.89. The van der Waals surface area contributed by atoms with Crippen LogP contribution in [0.15, 0.2) is 34.9 Å². The van der Waals surface area contributed by atoms with E-state index in [4.69, 9.17) is 39.2 Å². The largest absolute Gasteiger partial charge is 0.453 e. The molecule has 0 aliphatic heterocycles. The third kappa shape index (κ3) is 3.01.